The minimum atomic E-state index is -3.99. The van der Waals surface area contributed by atoms with Crippen LogP contribution in [0.1, 0.15) is 36.4 Å². The van der Waals surface area contributed by atoms with Gasteiger partial charge in [0, 0.05) is 29.8 Å². The molecule has 0 aliphatic carbocycles. The number of rotatable bonds is 2. The SMILES string of the molecule is COc1cccc(C2=C3C(C)=CC(C)=[N+]3[B-](F)(F)n3c(C)cc(C)c32)c1Cl. The van der Waals surface area contributed by atoms with Crippen LogP contribution >= 0.6 is 11.6 Å². The maximum Gasteiger partial charge on any atom is 0.737 e. The van der Waals surface area contributed by atoms with Gasteiger partial charge in [0.2, 0.25) is 0 Å². The highest BCUT2D eigenvalue weighted by atomic mass is 35.5. The second-order valence-electron chi connectivity index (χ2n) is 7.16. The van der Waals surface area contributed by atoms with Crippen molar-refractivity contribution in [1.29, 1.82) is 0 Å². The monoisotopic (exact) mass is 388 g/mol. The van der Waals surface area contributed by atoms with E-state index in [2.05, 4.69) is 0 Å². The Bertz CT molecular complexity index is 1100. The number of fused-ring (bicyclic) bond motifs is 2. The molecule has 0 unspecified atom stereocenters. The summed E-state index contributed by atoms with van der Waals surface area (Å²) in [5.74, 6) is 0.518. The zero-order chi connectivity index (χ0) is 19.7. The van der Waals surface area contributed by atoms with Gasteiger partial charge in [-0.15, -0.1) is 0 Å². The number of aryl methyl sites for hydroxylation is 2. The molecule has 7 heteroatoms. The number of benzene rings is 1. The van der Waals surface area contributed by atoms with Crippen molar-refractivity contribution in [2.45, 2.75) is 27.7 Å². The van der Waals surface area contributed by atoms with Crippen molar-refractivity contribution in [3.8, 4) is 5.75 Å². The number of allylic oxidation sites excluding steroid dienone is 2. The molecule has 27 heavy (non-hydrogen) atoms. The van der Waals surface area contributed by atoms with Gasteiger partial charge in [0.15, 0.2) is 5.70 Å². The van der Waals surface area contributed by atoms with E-state index in [9.17, 15) is 0 Å². The lowest BCUT2D eigenvalue weighted by atomic mass is 9.83. The number of halogens is 3. The van der Waals surface area contributed by atoms with E-state index in [0.29, 0.717) is 44.7 Å². The van der Waals surface area contributed by atoms with Crippen LogP contribution in [0.15, 0.2) is 41.6 Å². The van der Waals surface area contributed by atoms with Crippen molar-refractivity contribution < 1.29 is 17.9 Å². The first-order valence-corrected chi connectivity index (χ1v) is 9.18. The highest BCUT2D eigenvalue weighted by Crippen LogP contribution is 2.46. The summed E-state index contributed by atoms with van der Waals surface area (Å²) in [5.41, 5.74) is 5.08. The van der Waals surface area contributed by atoms with Gasteiger partial charge >= 0.3 is 6.97 Å². The highest BCUT2D eigenvalue weighted by Gasteiger charge is 2.55. The van der Waals surface area contributed by atoms with E-state index < -0.39 is 6.97 Å². The van der Waals surface area contributed by atoms with Crippen LogP contribution in [0.3, 0.4) is 0 Å². The van der Waals surface area contributed by atoms with E-state index in [4.69, 9.17) is 16.3 Å². The zero-order valence-corrected chi connectivity index (χ0v) is 16.7. The average molecular weight is 389 g/mol. The molecule has 2 aliphatic heterocycles. The van der Waals surface area contributed by atoms with Gasteiger partial charge in [0.05, 0.1) is 17.7 Å². The molecular weight excluding hydrogens is 368 g/mol. The average Bonchev–Trinajstić information content (AvgIpc) is 3.06. The molecule has 0 atom stereocenters. The first-order valence-electron chi connectivity index (χ1n) is 8.80. The van der Waals surface area contributed by atoms with Gasteiger partial charge < -0.3 is 22.3 Å². The summed E-state index contributed by atoms with van der Waals surface area (Å²) in [6.45, 7) is 3.16. The fraction of sp³-hybridized carbons (Fsp3) is 0.250. The van der Waals surface area contributed by atoms with Crippen molar-refractivity contribution in [2.24, 2.45) is 0 Å². The molecular formula is C20H20BClF2N2O. The lowest BCUT2D eigenvalue weighted by molar-refractivity contribution is -0.363. The molecule has 0 saturated heterocycles. The summed E-state index contributed by atoms with van der Waals surface area (Å²) in [6.07, 6.45) is 1.80. The fourth-order valence-corrected chi connectivity index (χ4v) is 4.71. The Hall–Kier alpha value is -2.34. The predicted octanol–water partition coefficient (Wildman–Crippen LogP) is 5.20. The third-order valence-corrected chi connectivity index (χ3v) is 5.78. The number of hydrogen-bond acceptors (Lipinski definition) is 1. The first kappa shape index (κ1) is 18.0. The Kier molecular flexibility index (Phi) is 3.90. The summed E-state index contributed by atoms with van der Waals surface area (Å²) in [7, 11) is 1.55. The lowest BCUT2D eigenvalue weighted by Crippen LogP contribution is -2.51. The third kappa shape index (κ3) is 2.29. The fourth-order valence-electron chi connectivity index (χ4n) is 4.42. The van der Waals surface area contributed by atoms with Crippen molar-refractivity contribution in [2.75, 3.05) is 7.11 Å². The molecule has 0 N–H and O–H groups in total. The van der Waals surface area contributed by atoms with E-state index in [1.807, 2.05) is 26.0 Å². The summed E-state index contributed by atoms with van der Waals surface area (Å²) < 4.78 is 38.9. The van der Waals surface area contributed by atoms with Crippen LogP contribution in [0.5, 0.6) is 5.75 Å². The molecule has 0 bridgehead atoms. The standard InChI is InChI=1S/C20H20BClF2N2O/c1-11-9-13(3)25-19(11)17(15-7-6-8-16(27-5)18(15)22)20-12(2)10-14(4)26(20)21(25,23)24/h6-10H,1-5H3. The van der Waals surface area contributed by atoms with Crippen LogP contribution in [0.4, 0.5) is 8.63 Å². The van der Waals surface area contributed by atoms with Crippen LogP contribution in [0.25, 0.3) is 5.57 Å². The Morgan fingerprint density at radius 2 is 1.85 bits per heavy atom. The molecule has 3 heterocycles. The zero-order valence-electron chi connectivity index (χ0n) is 15.9. The number of ether oxygens (including phenoxy) is 1. The number of nitrogens with zero attached hydrogens (tertiary/aromatic N) is 2. The Balaban J connectivity index is 2.19. The van der Waals surface area contributed by atoms with Crippen molar-refractivity contribution in [1.82, 2.24) is 4.48 Å². The summed E-state index contributed by atoms with van der Waals surface area (Å²) in [5, 5.41) is 0.419. The topological polar surface area (TPSA) is 17.2 Å². The van der Waals surface area contributed by atoms with E-state index in [1.54, 1.807) is 39.2 Å². The second-order valence-corrected chi connectivity index (χ2v) is 7.54. The number of methoxy groups -OCH3 is 1. The smallest absolute Gasteiger partial charge is 0.495 e. The van der Waals surface area contributed by atoms with Gasteiger partial charge in [-0.05, 0) is 44.2 Å². The molecule has 0 radical (unpaired) electrons. The predicted molar refractivity (Wildman–Crippen MR) is 106 cm³/mol. The third-order valence-electron chi connectivity index (χ3n) is 5.39. The van der Waals surface area contributed by atoms with E-state index in [-0.39, 0.29) is 0 Å². The van der Waals surface area contributed by atoms with Gasteiger partial charge in [0.1, 0.15) is 11.5 Å². The van der Waals surface area contributed by atoms with Gasteiger partial charge in [-0.3, -0.25) is 0 Å². The Labute approximate surface area is 162 Å². The van der Waals surface area contributed by atoms with E-state index >= 15 is 8.63 Å². The molecule has 2 aromatic rings. The Morgan fingerprint density at radius 1 is 1.15 bits per heavy atom. The van der Waals surface area contributed by atoms with Crippen LogP contribution in [0.2, 0.25) is 5.02 Å². The number of aromatic nitrogens is 1. The van der Waals surface area contributed by atoms with Crippen LogP contribution in [-0.2, 0) is 0 Å². The van der Waals surface area contributed by atoms with Gasteiger partial charge in [0.25, 0.3) is 0 Å². The maximum atomic E-state index is 15.6. The van der Waals surface area contributed by atoms with Gasteiger partial charge in [-0.1, -0.05) is 23.7 Å². The second kappa shape index (κ2) is 5.83. The normalized spacial score (nSPS) is 17.9. The van der Waals surface area contributed by atoms with Crippen molar-refractivity contribution in [3.05, 3.63) is 69.1 Å². The molecule has 0 amide bonds. The number of hydrogen-bond donors (Lipinski definition) is 0. The highest BCUT2D eigenvalue weighted by molar-refractivity contribution is 6.58. The van der Waals surface area contributed by atoms with Gasteiger partial charge in [-0.2, -0.15) is 0 Å². The van der Waals surface area contributed by atoms with Crippen molar-refractivity contribution in [3.63, 3.8) is 0 Å². The quantitative estimate of drug-likeness (QED) is 0.647. The molecule has 4 rings (SSSR count). The van der Waals surface area contributed by atoms with E-state index in [0.717, 1.165) is 11.1 Å². The van der Waals surface area contributed by atoms with Crippen LogP contribution < -0.4 is 4.74 Å². The maximum absolute atomic E-state index is 15.6. The Morgan fingerprint density at radius 3 is 2.52 bits per heavy atom. The molecule has 1 aromatic carbocycles. The lowest BCUT2D eigenvalue weighted by Gasteiger charge is -2.34. The molecule has 140 valence electrons. The van der Waals surface area contributed by atoms with Gasteiger partial charge in [-0.25, -0.2) is 0 Å². The van der Waals surface area contributed by atoms with Crippen molar-refractivity contribution >= 4 is 29.9 Å². The summed E-state index contributed by atoms with van der Waals surface area (Å²) in [6, 6.07) is 7.25. The minimum Gasteiger partial charge on any atom is -0.495 e. The molecule has 0 fully saturated rings. The first-order chi connectivity index (χ1) is 12.7. The van der Waals surface area contributed by atoms with E-state index in [1.165, 1.54) is 8.96 Å². The molecule has 2 aliphatic rings. The minimum absolute atomic E-state index is 0.419. The summed E-state index contributed by atoms with van der Waals surface area (Å²) in [4.78, 5) is 0. The molecule has 1 aromatic heterocycles. The largest absolute Gasteiger partial charge is 0.737 e. The molecule has 0 spiro atoms. The molecule has 3 nitrogen and oxygen atoms in total. The molecule has 0 saturated carbocycles. The van der Waals surface area contributed by atoms with Crippen LogP contribution in [-0.4, -0.2) is 28.8 Å². The van der Waals surface area contributed by atoms with Crippen LogP contribution in [0, 0.1) is 13.8 Å². The summed E-state index contributed by atoms with van der Waals surface area (Å²) >= 11 is 6.62.